The number of carbonyl (C=O) groups is 2. The molecule has 0 aliphatic carbocycles. The molecule has 140 valence electrons. The van der Waals surface area contributed by atoms with Crippen LogP contribution in [-0.2, 0) is 16.1 Å². The second-order valence-corrected chi connectivity index (χ2v) is 8.13. The average molecular weight is 375 g/mol. The molecule has 2 amide bonds. The molecule has 2 bridgehead atoms. The highest BCUT2D eigenvalue weighted by molar-refractivity contribution is 7.10. The number of hydrogen-bond acceptors (Lipinski definition) is 5. The molecule has 3 fully saturated rings. The zero-order chi connectivity index (χ0) is 18.7. The van der Waals surface area contributed by atoms with Gasteiger partial charge in [0.05, 0.1) is 5.92 Å². The van der Waals surface area contributed by atoms with E-state index in [0.29, 0.717) is 0 Å². The van der Waals surface area contributed by atoms with E-state index < -0.39 is 0 Å². The van der Waals surface area contributed by atoms with Crippen molar-refractivity contribution in [2.24, 2.45) is 5.92 Å². The van der Waals surface area contributed by atoms with Gasteiger partial charge >= 0.3 is 0 Å². The van der Waals surface area contributed by atoms with Crippen LogP contribution in [0.25, 0.3) is 0 Å². The summed E-state index contributed by atoms with van der Waals surface area (Å²) in [5.74, 6) is 5.68. The van der Waals surface area contributed by atoms with Gasteiger partial charge in [-0.2, -0.15) is 0 Å². The van der Waals surface area contributed by atoms with Crippen molar-refractivity contribution in [3.05, 3.63) is 21.9 Å². The Morgan fingerprint density at radius 3 is 2.92 bits per heavy atom. The van der Waals surface area contributed by atoms with Crippen molar-refractivity contribution in [2.45, 2.75) is 25.4 Å². The molecule has 0 unspecified atom stereocenters. The molecule has 0 spiro atoms. The predicted molar refractivity (Wildman–Crippen MR) is 100 cm³/mol. The molecule has 1 aromatic rings. The third kappa shape index (κ3) is 4.26. The molecule has 2 atom stereocenters. The van der Waals surface area contributed by atoms with Gasteiger partial charge in [0.1, 0.15) is 13.2 Å². The van der Waals surface area contributed by atoms with Crippen LogP contribution in [0.3, 0.4) is 0 Å². The van der Waals surface area contributed by atoms with Gasteiger partial charge in [-0.3, -0.25) is 14.5 Å². The number of carbonyl (C=O) groups excluding carboxylic acids is 2. The largest absolute Gasteiger partial charge is 0.384 e. The van der Waals surface area contributed by atoms with Gasteiger partial charge in [0.2, 0.25) is 11.8 Å². The predicted octanol–water partition coefficient (Wildman–Crippen LogP) is 0.603. The fourth-order valence-electron chi connectivity index (χ4n) is 3.65. The summed E-state index contributed by atoms with van der Waals surface area (Å²) >= 11 is 1.65. The van der Waals surface area contributed by atoms with Gasteiger partial charge in [0.25, 0.3) is 0 Å². The second-order valence-electron chi connectivity index (χ2n) is 7.14. The van der Waals surface area contributed by atoms with Crippen LogP contribution in [0.2, 0.25) is 0 Å². The van der Waals surface area contributed by atoms with Crippen molar-refractivity contribution in [2.75, 3.05) is 40.3 Å². The minimum Gasteiger partial charge on any atom is -0.384 e. The molecule has 1 N–H and O–H groups in total. The van der Waals surface area contributed by atoms with Gasteiger partial charge in [0.15, 0.2) is 0 Å². The maximum atomic E-state index is 12.8. The summed E-state index contributed by atoms with van der Waals surface area (Å²) in [6, 6.07) is 2.16. The molecule has 0 saturated carbocycles. The van der Waals surface area contributed by atoms with E-state index in [1.807, 2.05) is 5.38 Å². The summed E-state index contributed by atoms with van der Waals surface area (Å²) in [7, 11) is 3.45. The highest BCUT2D eigenvalue weighted by atomic mass is 32.1. The molecule has 3 aliphatic rings. The highest BCUT2D eigenvalue weighted by Crippen LogP contribution is 2.30. The fraction of sp³-hybridized carbons (Fsp3) is 0.579. The molecule has 0 radical (unpaired) electrons. The molecule has 4 rings (SSSR count). The molecule has 3 saturated heterocycles. The van der Waals surface area contributed by atoms with Crippen LogP contribution < -0.4 is 0 Å². The smallest absolute Gasteiger partial charge is 0.241 e. The van der Waals surface area contributed by atoms with Crippen LogP contribution in [-0.4, -0.2) is 78.0 Å². The summed E-state index contributed by atoms with van der Waals surface area (Å²) in [4.78, 5) is 31.7. The van der Waals surface area contributed by atoms with Crippen molar-refractivity contribution in [3.8, 4) is 11.8 Å². The summed E-state index contributed by atoms with van der Waals surface area (Å²) in [5.41, 5.74) is 0.922. The summed E-state index contributed by atoms with van der Waals surface area (Å²) in [6.07, 6.45) is 1.87. The van der Waals surface area contributed by atoms with Crippen molar-refractivity contribution in [1.82, 2.24) is 14.7 Å². The zero-order valence-corrected chi connectivity index (χ0v) is 16.1. The minimum atomic E-state index is -0.135. The van der Waals surface area contributed by atoms with E-state index in [9.17, 15) is 9.59 Å². The first-order valence-electron chi connectivity index (χ1n) is 8.88. The van der Waals surface area contributed by atoms with E-state index in [2.05, 4.69) is 22.8 Å². The first-order valence-corrected chi connectivity index (χ1v) is 9.76. The lowest BCUT2D eigenvalue weighted by atomic mass is 9.94. The number of nitrogens with zero attached hydrogens (tertiary/aromatic N) is 3. The number of amides is 2. The fourth-order valence-corrected chi connectivity index (χ4v) is 4.50. The molecular weight excluding hydrogens is 350 g/mol. The summed E-state index contributed by atoms with van der Waals surface area (Å²) in [5, 5.41) is 10.8. The van der Waals surface area contributed by atoms with E-state index in [1.165, 1.54) is 4.88 Å². The number of fused-ring (bicyclic) bond motifs is 4. The van der Waals surface area contributed by atoms with Gasteiger partial charge in [0, 0.05) is 55.6 Å². The number of piperidine rings is 1. The Balaban J connectivity index is 1.68. The van der Waals surface area contributed by atoms with Gasteiger partial charge in [-0.25, -0.2) is 0 Å². The van der Waals surface area contributed by atoms with Crippen molar-refractivity contribution in [1.29, 1.82) is 0 Å². The first-order chi connectivity index (χ1) is 12.5. The Morgan fingerprint density at radius 2 is 2.19 bits per heavy atom. The van der Waals surface area contributed by atoms with Crippen molar-refractivity contribution >= 4 is 23.2 Å². The Kier molecular flexibility index (Phi) is 5.97. The minimum absolute atomic E-state index is 0.0164. The Morgan fingerprint density at radius 1 is 1.38 bits per heavy atom. The Bertz CT molecular complexity index is 734. The molecule has 4 heterocycles. The first kappa shape index (κ1) is 18.9. The monoisotopic (exact) mass is 375 g/mol. The van der Waals surface area contributed by atoms with Gasteiger partial charge < -0.3 is 14.9 Å². The lowest BCUT2D eigenvalue weighted by Crippen LogP contribution is -2.51. The van der Waals surface area contributed by atoms with Gasteiger partial charge in [-0.1, -0.05) is 11.8 Å². The second kappa shape index (κ2) is 8.21. The third-order valence-electron chi connectivity index (χ3n) is 5.02. The zero-order valence-electron chi connectivity index (χ0n) is 15.3. The van der Waals surface area contributed by atoms with Crippen LogP contribution in [0.15, 0.2) is 11.4 Å². The maximum Gasteiger partial charge on any atom is 0.241 e. The molecule has 1 aromatic heterocycles. The average Bonchev–Trinajstić information content (AvgIpc) is 2.89. The number of aliphatic hydroxyl groups is 1. The number of thiophene rings is 1. The lowest BCUT2D eigenvalue weighted by Gasteiger charge is -2.36. The van der Waals surface area contributed by atoms with E-state index in [4.69, 9.17) is 5.11 Å². The van der Waals surface area contributed by atoms with Crippen LogP contribution in [0.4, 0.5) is 0 Å². The van der Waals surface area contributed by atoms with E-state index in [1.54, 1.807) is 35.2 Å². The number of aliphatic hydroxyl groups excluding tert-OH is 1. The molecule has 6 nitrogen and oxygen atoms in total. The molecule has 3 aliphatic heterocycles. The SMILES string of the molecule is CN(C)C(=O)CN1C(=O)[C@@H]2CC[C@H]1CN(Cc1cc(C#CCO)cs1)C2. The van der Waals surface area contributed by atoms with Gasteiger partial charge in [-0.15, -0.1) is 11.3 Å². The standard InChI is InChI=1S/C19H25N3O3S/c1-20(2)18(24)12-22-16-6-5-15(19(22)25)9-21(10-16)11-17-8-14(13-26-17)4-3-7-23/h8,13,15-16,23H,5-7,9-12H2,1-2H3/t15-,16+/m1/s1. The van der Waals surface area contributed by atoms with Gasteiger partial charge in [-0.05, 0) is 18.9 Å². The van der Waals surface area contributed by atoms with Crippen LogP contribution in [0.5, 0.6) is 0 Å². The third-order valence-corrected chi connectivity index (χ3v) is 5.94. The summed E-state index contributed by atoms with van der Waals surface area (Å²) < 4.78 is 0. The molecule has 0 aromatic carbocycles. The van der Waals surface area contributed by atoms with Crippen molar-refractivity contribution in [3.63, 3.8) is 0 Å². The Labute approximate surface area is 158 Å². The van der Waals surface area contributed by atoms with Crippen molar-refractivity contribution < 1.29 is 14.7 Å². The van der Waals surface area contributed by atoms with Crippen LogP contribution in [0, 0.1) is 17.8 Å². The van der Waals surface area contributed by atoms with Crippen LogP contribution in [0.1, 0.15) is 23.3 Å². The Hall–Kier alpha value is -1.88. The lowest BCUT2D eigenvalue weighted by molar-refractivity contribution is -0.145. The topological polar surface area (TPSA) is 64.1 Å². The maximum absolute atomic E-state index is 12.8. The number of likely N-dealkylation sites (N-methyl/N-ethyl adjacent to an activating group) is 1. The van der Waals surface area contributed by atoms with E-state index in [0.717, 1.165) is 38.0 Å². The molecule has 7 heteroatoms. The normalized spacial score (nSPS) is 22.7. The van der Waals surface area contributed by atoms with E-state index >= 15 is 0 Å². The van der Waals surface area contributed by atoms with E-state index in [-0.39, 0.29) is 36.9 Å². The quantitative estimate of drug-likeness (QED) is 0.783. The molecular formula is C19H25N3O3S. The molecule has 26 heavy (non-hydrogen) atoms. The highest BCUT2D eigenvalue weighted by Gasteiger charge is 2.41. The van der Waals surface area contributed by atoms with Crippen LogP contribution >= 0.6 is 11.3 Å². The number of hydrogen-bond donors (Lipinski definition) is 1. The number of rotatable bonds is 4. The summed E-state index contributed by atoms with van der Waals surface area (Å²) in [6.45, 7) is 2.39.